The second kappa shape index (κ2) is 6.97. The van der Waals surface area contributed by atoms with Crippen LogP contribution in [0.1, 0.15) is 32.6 Å². The molecule has 1 heterocycles. The van der Waals surface area contributed by atoms with Gasteiger partial charge in [0, 0.05) is 31.7 Å². The summed E-state index contributed by atoms with van der Waals surface area (Å²) in [7, 11) is 0. The second-order valence-electron chi connectivity index (χ2n) is 6.30. The molecule has 2 aromatic carbocycles. The number of hydrogen-bond acceptors (Lipinski definition) is 2. The van der Waals surface area contributed by atoms with Gasteiger partial charge in [0.05, 0.1) is 0 Å². The van der Waals surface area contributed by atoms with E-state index in [9.17, 15) is 4.79 Å². The smallest absolute Gasteiger partial charge is 0.251 e. The summed E-state index contributed by atoms with van der Waals surface area (Å²) < 4.78 is 0. The summed E-state index contributed by atoms with van der Waals surface area (Å²) in [4.78, 5) is 14.7. The van der Waals surface area contributed by atoms with Crippen LogP contribution in [0.4, 0.5) is 0 Å². The van der Waals surface area contributed by atoms with Gasteiger partial charge in [-0.1, -0.05) is 36.4 Å². The minimum atomic E-state index is 0.0311. The van der Waals surface area contributed by atoms with E-state index in [0.717, 1.165) is 42.7 Å². The van der Waals surface area contributed by atoms with E-state index >= 15 is 0 Å². The lowest BCUT2D eigenvalue weighted by atomic mass is 10.00. The molecule has 3 nitrogen and oxygen atoms in total. The number of amides is 1. The van der Waals surface area contributed by atoms with E-state index in [-0.39, 0.29) is 5.91 Å². The summed E-state index contributed by atoms with van der Waals surface area (Å²) >= 11 is 0. The van der Waals surface area contributed by atoms with Gasteiger partial charge < -0.3 is 5.32 Å². The standard InChI is InChI=1S/C20H24N2O/c1-15-6-5-9-19(16(15)2)20(23)21-11-13-22-12-10-17-7-3-4-8-18(17)14-22/h3-9H,10-14H2,1-2H3,(H,21,23). The third-order valence-electron chi connectivity index (χ3n) is 4.77. The van der Waals surface area contributed by atoms with Gasteiger partial charge in [0.1, 0.15) is 0 Å². The quantitative estimate of drug-likeness (QED) is 0.941. The molecular weight excluding hydrogens is 284 g/mol. The first-order valence-corrected chi connectivity index (χ1v) is 8.28. The Morgan fingerprint density at radius 2 is 1.87 bits per heavy atom. The second-order valence-corrected chi connectivity index (χ2v) is 6.30. The van der Waals surface area contributed by atoms with Crippen molar-refractivity contribution >= 4 is 5.91 Å². The monoisotopic (exact) mass is 308 g/mol. The predicted octanol–water partition coefficient (Wildman–Crippen LogP) is 3.09. The molecule has 0 saturated carbocycles. The molecule has 3 heteroatoms. The van der Waals surface area contributed by atoms with Crippen molar-refractivity contribution < 1.29 is 4.79 Å². The Hall–Kier alpha value is -2.13. The van der Waals surface area contributed by atoms with Crippen molar-refractivity contribution in [1.29, 1.82) is 0 Å². The molecule has 0 unspecified atom stereocenters. The molecular formula is C20H24N2O. The molecule has 2 aromatic rings. The van der Waals surface area contributed by atoms with Crippen molar-refractivity contribution in [3.05, 3.63) is 70.3 Å². The van der Waals surface area contributed by atoms with Crippen molar-refractivity contribution in [2.24, 2.45) is 0 Å². The summed E-state index contributed by atoms with van der Waals surface area (Å²) in [6, 6.07) is 14.5. The van der Waals surface area contributed by atoms with Gasteiger partial charge in [0.25, 0.3) is 5.91 Å². The SMILES string of the molecule is Cc1cccc(C(=O)NCCN2CCc3ccccc3C2)c1C. The number of hydrogen-bond donors (Lipinski definition) is 1. The molecule has 0 fully saturated rings. The number of rotatable bonds is 4. The van der Waals surface area contributed by atoms with E-state index in [1.165, 1.54) is 11.1 Å². The fourth-order valence-corrected chi connectivity index (χ4v) is 3.16. The molecule has 0 spiro atoms. The summed E-state index contributed by atoms with van der Waals surface area (Å²) in [6.45, 7) is 7.67. The number of nitrogens with one attached hydrogen (secondary N) is 1. The highest BCUT2D eigenvalue weighted by Gasteiger charge is 2.16. The average molecular weight is 308 g/mol. The molecule has 0 atom stereocenters. The maximum absolute atomic E-state index is 12.3. The van der Waals surface area contributed by atoms with Crippen LogP contribution in [0.2, 0.25) is 0 Å². The largest absolute Gasteiger partial charge is 0.351 e. The van der Waals surface area contributed by atoms with Crippen LogP contribution < -0.4 is 5.32 Å². The Balaban J connectivity index is 1.52. The minimum absolute atomic E-state index is 0.0311. The first-order chi connectivity index (χ1) is 11.1. The van der Waals surface area contributed by atoms with Gasteiger partial charge in [-0.15, -0.1) is 0 Å². The Morgan fingerprint density at radius 1 is 1.09 bits per heavy atom. The normalized spacial score (nSPS) is 14.3. The van der Waals surface area contributed by atoms with Crippen LogP contribution in [-0.4, -0.2) is 30.4 Å². The van der Waals surface area contributed by atoms with E-state index in [2.05, 4.69) is 34.5 Å². The van der Waals surface area contributed by atoms with Crippen LogP contribution in [0.5, 0.6) is 0 Å². The first-order valence-electron chi connectivity index (χ1n) is 8.28. The van der Waals surface area contributed by atoms with E-state index in [1.807, 2.05) is 32.0 Å². The average Bonchev–Trinajstić information content (AvgIpc) is 2.57. The minimum Gasteiger partial charge on any atom is -0.351 e. The van der Waals surface area contributed by atoms with Gasteiger partial charge in [0.15, 0.2) is 0 Å². The van der Waals surface area contributed by atoms with Gasteiger partial charge in [-0.25, -0.2) is 0 Å². The molecule has 1 amide bonds. The summed E-state index contributed by atoms with van der Waals surface area (Å²) in [5, 5.41) is 3.06. The molecule has 0 saturated heterocycles. The molecule has 0 aromatic heterocycles. The zero-order valence-corrected chi connectivity index (χ0v) is 13.9. The Morgan fingerprint density at radius 3 is 2.70 bits per heavy atom. The molecule has 120 valence electrons. The van der Waals surface area contributed by atoms with Crippen LogP contribution in [0.15, 0.2) is 42.5 Å². The van der Waals surface area contributed by atoms with Crippen LogP contribution in [0, 0.1) is 13.8 Å². The number of carbonyl (C=O) groups excluding carboxylic acids is 1. The summed E-state index contributed by atoms with van der Waals surface area (Å²) in [5.74, 6) is 0.0311. The Bertz CT molecular complexity index is 709. The lowest BCUT2D eigenvalue weighted by Gasteiger charge is -2.28. The van der Waals surface area contributed by atoms with Crippen molar-refractivity contribution in [3.8, 4) is 0 Å². The van der Waals surface area contributed by atoms with Crippen LogP contribution in [0.3, 0.4) is 0 Å². The highest BCUT2D eigenvalue weighted by molar-refractivity contribution is 5.95. The van der Waals surface area contributed by atoms with Crippen LogP contribution in [-0.2, 0) is 13.0 Å². The lowest BCUT2D eigenvalue weighted by molar-refractivity contribution is 0.0946. The van der Waals surface area contributed by atoms with E-state index in [1.54, 1.807) is 0 Å². The molecule has 0 radical (unpaired) electrons. The van der Waals surface area contributed by atoms with Gasteiger partial charge >= 0.3 is 0 Å². The first kappa shape index (κ1) is 15.8. The fraction of sp³-hybridized carbons (Fsp3) is 0.350. The van der Waals surface area contributed by atoms with Gasteiger partial charge in [-0.2, -0.15) is 0 Å². The molecule has 1 aliphatic heterocycles. The zero-order valence-electron chi connectivity index (χ0n) is 13.9. The lowest BCUT2D eigenvalue weighted by Crippen LogP contribution is -2.38. The maximum atomic E-state index is 12.3. The van der Waals surface area contributed by atoms with Crippen LogP contribution >= 0.6 is 0 Å². The van der Waals surface area contributed by atoms with Crippen molar-refractivity contribution in [2.75, 3.05) is 19.6 Å². The number of nitrogens with zero attached hydrogens (tertiary/aromatic N) is 1. The number of fused-ring (bicyclic) bond motifs is 1. The Kier molecular flexibility index (Phi) is 4.77. The van der Waals surface area contributed by atoms with Gasteiger partial charge in [-0.3, -0.25) is 9.69 Å². The summed E-state index contributed by atoms with van der Waals surface area (Å²) in [5.41, 5.74) is 5.89. The third kappa shape index (κ3) is 3.62. The van der Waals surface area contributed by atoms with E-state index in [4.69, 9.17) is 0 Å². The predicted molar refractivity (Wildman–Crippen MR) is 93.7 cm³/mol. The summed E-state index contributed by atoms with van der Waals surface area (Å²) in [6.07, 6.45) is 1.10. The number of aryl methyl sites for hydroxylation is 1. The molecule has 0 bridgehead atoms. The molecule has 23 heavy (non-hydrogen) atoms. The molecule has 3 rings (SSSR count). The van der Waals surface area contributed by atoms with Crippen molar-refractivity contribution in [1.82, 2.24) is 10.2 Å². The molecule has 0 aliphatic carbocycles. The van der Waals surface area contributed by atoms with Gasteiger partial charge in [0.2, 0.25) is 0 Å². The van der Waals surface area contributed by atoms with E-state index in [0.29, 0.717) is 6.54 Å². The van der Waals surface area contributed by atoms with Gasteiger partial charge in [-0.05, 0) is 48.6 Å². The van der Waals surface area contributed by atoms with E-state index < -0.39 is 0 Å². The topological polar surface area (TPSA) is 32.3 Å². The van der Waals surface area contributed by atoms with Crippen LogP contribution in [0.25, 0.3) is 0 Å². The molecule has 1 aliphatic rings. The highest BCUT2D eigenvalue weighted by atomic mass is 16.1. The zero-order chi connectivity index (χ0) is 16.2. The fourth-order valence-electron chi connectivity index (χ4n) is 3.16. The number of benzene rings is 2. The third-order valence-corrected chi connectivity index (χ3v) is 4.77. The Labute approximate surface area is 138 Å². The van der Waals surface area contributed by atoms with Crippen molar-refractivity contribution in [3.63, 3.8) is 0 Å². The number of carbonyl (C=O) groups is 1. The molecule has 1 N–H and O–H groups in total. The van der Waals surface area contributed by atoms with Crippen molar-refractivity contribution in [2.45, 2.75) is 26.8 Å². The highest BCUT2D eigenvalue weighted by Crippen LogP contribution is 2.18. The maximum Gasteiger partial charge on any atom is 0.251 e.